The fraction of sp³-hybridized carbons (Fsp3) is 0.150. The van der Waals surface area contributed by atoms with E-state index in [-0.39, 0.29) is 0 Å². The summed E-state index contributed by atoms with van der Waals surface area (Å²) in [6.07, 6.45) is 3.36. The highest BCUT2D eigenvalue weighted by atomic mass is 79.9. The molecule has 0 aliphatic rings. The summed E-state index contributed by atoms with van der Waals surface area (Å²) in [4.78, 5) is 29.1. The Labute approximate surface area is 164 Å². The Balaban J connectivity index is 1.79. The number of pyridine rings is 1. The molecule has 27 heavy (non-hydrogen) atoms. The lowest BCUT2D eigenvalue weighted by Gasteiger charge is -2.17. The third-order valence-electron chi connectivity index (χ3n) is 3.97. The van der Waals surface area contributed by atoms with Crippen molar-refractivity contribution in [2.24, 2.45) is 0 Å². The van der Waals surface area contributed by atoms with Crippen LogP contribution in [0.25, 0.3) is 11.5 Å². The van der Waals surface area contributed by atoms with E-state index in [0.29, 0.717) is 23.4 Å². The molecular weight excluding hydrogens is 412 g/mol. The van der Waals surface area contributed by atoms with Gasteiger partial charge in [-0.1, -0.05) is 34.1 Å². The summed E-state index contributed by atoms with van der Waals surface area (Å²) in [5.74, 6) is -0.352. The quantitative estimate of drug-likeness (QED) is 0.606. The van der Waals surface area contributed by atoms with Crippen molar-refractivity contribution in [2.45, 2.75) is 12.5 Å². The van der Waals surface area contributed by atoms with Crippen molar-refractivity contribution >= 4 is 27.8 Å². The second-order valence-electron chi connectivity index (χ2n) is 5.75. The SMILES string of the molecule is COC(=O)C(Cc1ccccc1Br)NC(=O)c1ccnc(-c2ccco2)c1. The van der Waals surface area contributed by atoms with E-state index in [1.165, 1.54) is 19.6 Å². The highest BCUT2D eigenvalue weighted by Gasteiger charge is 2.23. The number of halogens is 1. The van der Waals surface area contributed by atoms with E-state index in [1.807, 2.05) is 24.3 Å². The molecule has 0 saturated carbocycles. The summed E-state index contributed by atoms with van der Waals surface area (Å²) >= 11 is 3.46. The molecule has 1 amide bonds. The summed E-state index contributed by atoms with van der Waals surface area (Å²) < 4.78 is 11.0. The van der Waals surface area contributed by atoms with Gasteiger partial charge in [-0.05, 0) is 35.9 Å². The first-order chi connectivity index (χ1) is 13.1. The molecule has 0 saturated heterocycles. The molecule has 1 aromatic carbocycles. The second kappa shape index (κ2) is 8.64. The van der Waals surface area contributed by atoms with Gasteiger partial charge in [0.15, 0.2) is 5.76 Å². The smallest absolute Gasteiger partial charge is 0.328 e. The topological polar surface area (TPSA) is 81.4 Å². The molecule has 1 unspecified atom stereocenters. The normalized spacial score (nSPS) is 11.6. The second-order valence-corrected chi connectivity index (χ2v) is 6.61. The van der Waals surface area contributed by atoms with Gasteiger partial charge in [0, 0.05) is 22.7 Å². The first-order valence-corrected chi connectivity index (χ1v) is 9.00. The van der Waals surface area contributed by atoms with Crippen LogP contribution < -0.4 is 5.32 Å². The summed E-state index contributed by atoms with van der Waals surface area (Å²) in [5.41, 5.74) is 1.80. The molecule has 3 rings (SSSR count). The lowest BCUT2D eigenvalue weighted by molar-refractivity contribution is -0.142. The van der Waals surface area contributed by atoms with Gasteiger partial charge < -0.3 is 14.5 Å². The zero-order valence-electron chi connectivity index (χ0n) is 14.5. The van der Waals surface area contributed by atoms with Gasteiger partial charge in [0.2, 0.25) is 0 Å². The van der Waals surface area contributed by atoms with Gasteiger partial charge in [-0.25, -0.2) is 4.79 Å². The molecule has 1 N–H and O–H groups in total. The zero-order valence-corrected chi connectivity index (χ0v) is 16.1. The predicted molar refractivity (Wildman–Crippen MR) is 103 cm³/mol. The summed E-state index contributed by atoms with van der Waals surface area (Å²) in [7, 11) is 1.29. The van der Waals surface area contributed by atoms with Crippen molar-refractivity contribution in [2.75, 3.05) is 7.11 Å². The van der Waals surface area contributed by atoms with Gasteiger partial charge in [-0.15, -0.1) is 0 Å². The Morgan fingerprint density at radius 1 is 1.22 bits per heavy atom. The van der Waals surface area contributed by atoms with Crippen LogP contribution in [-0.4, -0.2) is 30.0 Å². The Morgan fingerprint density at radius 2 is 2.04 bits per heavy atom. The minimum Gasteiger partial charge on any atom is -0.467 e. The monoisotopic (exact) mass is 428 g/mol. The molecule has 3 aromatic rings. The van der Waals surface area contributed by atoms with Crippen molar-refractivity contribution in [1.29, 1.82) is 0 Å². The Hall–Kier alpha value is -2.93. The largest absolute Gasteiger partial charge is 0.467 e. The molecule has 138 valence electrons. The van der Waals surface area contributed by atoms with E-state index >= 15 is 0 Å². The van der Waals surface area contributed by atoms with Crippen LogP contribution in [-0.2, 0) is 16.0 Å². The van der Waals surface area contributed by atoms with Crippen LogP contribution in [0, 0.1) is 0 Å². The first kappa shape index (κ1) is 18.8. The Morgan fingerprint density at radius 3 is 2.74 bits per heavy atom. The minimum absolute atomic E-state index is 0.302. The molecule has 7 heteroatoms. The fourth-order valence-corrected chi connectivity index (χ4v) is 3.04. The van der Waals surface area contributed by atoms with Crippen LogP contribution in [0.3, 0.4) is 0 Å². The highest BCUT2D eigenvalue weighted by Crippen LogP contribution is 2.20. The van der Waals surface area contributed by atoms with Crippen LogP contribution >= 0.6 is 15.9 Å². The van der Waals surface area contributed by atoms with Gasteiger partial charge in [0.05, 0.1) is 13.4 Å². The molecule has 2 heterocycles. The number of ether oxygens (including phenoxy) is 1. The van der Waals surface area contributed by atoms with Crippen LogP contribution in [0.15, 0.2) is 69.9 Å². The third-order valence-corrected chi connectivity index (χ3v) is 4.74. The molecule has 0 fully saturated rings. The standard InChI is InChI=1S/C20H17BrN2O4/c1-26-20(25)17(11-13-5-2-3-6-15(13)21)23-19(24)14-8-9-22-16(12-14)18-7-4-10-27-18/h2-10,12,17H,11H2,1H3,(H,23,24). The van der Waals surface area contributed by atoms with Crippen molar-refractivity contribution in [3.63, 3.8) is 0 Å². The molecule has 6 nitrogen and oxygen atoms in total. The molecule has 0 bridgehead atoms. The van der Waals surface area contributed by atoms with Crippen molar-refractivity contribution < 1.29 is 18.7 Å². The maximum absolute atomic E-state index is 12.7. The number of furan rings is 1. The summed E-state index contributed by atoms with van der Waals surface area (Å²) in [6.45, 7) is 0. The van der Waals surface area contributed by atoms with Crippen molar-refractivity contribution in [3.05, 3.63) is 76.6 Å². The van der Waals surface area contributed by atoms with Gasteiger partial charge >= 0.3 is 5.97 Å². The molecule has 2 aromatic heterocycles. The number of methoxy groups -OCH3 is 1. The number of esters is 1. The van der Waals surface area contributed by atoms with E-state index in [1.54, 1.807) is 24.3 Å². The number of nitrogens with one attached hydrogen (secondary N) is 1. The number of carbonyl (C=O) groups excluding carboxylic acids is 2. The minimum atomic E-state index is -0.818. The van der Waals surface area contributed by atoms with Gasteiger partial charge in [0.1, 0.15) is 11.7 Å². The molecule has 0 radical (unpaired) electrons. The van der Waals surface area contributed by atoms with Gasteiger partial charge in [-0.2, -0.15) is 0 Å². The lowest BCUT2D eigenvalue weighted by atomic mass is 10.1. The van der Waals surface area contributed by atoms with Gasteiger partial charge in [-0.3, -0.25) is 9.78 Å². The van der Waals surface area contributed by atoms with Crippen LogP contribution in [0.5, 0.6) is 0 Å². The van der Waals surface area contributed by atoms with Crippen molar-refractivity contribution in [3.8, 4) is 11.5 Å². The van der Waals surface area contributed by atoms with E-state index in [4.69, 9.17) is 9.15 Å². The average Bonchev–Trinajstić information content (AvgIpc) is 3.23. The van der Waals surface area contributed by atoms with Crippen LogP contribution in [0.4, 0.5) is 0 Å². The molecule has 0 spiro atoms. The maximum atomic E-state index is 12.7. The number of benzene rings is 1. The Bertz CT molecular complexity index is 941. The average molecular weight is 429 g/mol. The Kier molecular flexibility index (Phi) is 6.03. The molecule has 0 aliphatic heterocycles. The van der Waals surface area contributed by atoms with Gasteiger partial charge in [0.25, 0.3) is 5.91 Å². The number of rotatable bonds is 6. The summed E-state index contributed by atoms with van der Waals surface area (Å²) in [6, 6.07) is 13.4. The number of carbonyl (C=O) groups is 2. The van der Waals surface area contributed by atoms with Crippen LogP contribution in [0.1, 0.15) is 15.9 Å². The maximum Gasteiger partial charge on any atom is 0.328 e. The number of aromatic nitrogens is 1. The zero-order chi connectivity index (χ0) is 19.2. The number of hydrogen-bond donors (Lipinski definition) is 1. The molecular formula is C20H17BrN2O4. The van der Waals surface area contributed by atoms with Crippen molar-refractivity contribution in [1.82, 2.24) is 10.3 Å². The first-order valence-electron chi connectivity index (χ1n) is 8.20. The van der Waals surface area contributed by atoms with E-state index < -0.39 is 17.9 Å². The number of hydrogen-bond acceptors (Lipinski definition) is 5. The van der Waals surface area contributed by atoms with E-state index in [2.05, 4.69) is 26.2 Å². The molecule has 0 aliphatic carbocycles. The summed E-state index contributed by atoms with van der Waals surface area (Å²) in [5, 5.41) is 2.74. The third kappa shape index (κ3) is 4.62. The fourth-order valence-electron chi connectivity index (χ4n) is 2.59. The number of nitrogens with zero attached hydrogens (tertiary/aromatic N) is 1. The number of amides is 1. The van der Waals surface area contributed by atoms with E-state index in [9.17, 15) is 9.59 Å². The van der Waals surface area contributed by atoms with E-state index in [0.717, 1.165) is 10.0 Å². The lowest BCUT2D eigenvalue weighted by Crippen LogP contribution is -2.43. The highest BCUT2D eigenvalue weighted by molar-refractivity contribution is 9.10. The molecule has 1 atom stereocenters. The van der Waals surface area contributed by atoms with Crippen LogP contribution in [0.2, 0.25) is 0 Å². The predicted octanol–water partition coefficient (Wildman–Crippen LogP) is 3.62.